The second kappa shape index (κ2) is 7.02. The quantitative estimate of drug-likeness (QED) is 0.831. The average Bonchev–Trinajstić information content (AvgIpc) is 2.27. The summed E-state index contributed by atoms with van der Waals surface area (Å²) in [6.07, 6.45) is 1.40. The van der Waals surface area contributed by atoms with Crippen LogP contribution in [0.3, 0.4) is 0 Å². The molecule has 0 fully saturated rings. The molecule has 2 atom stereocenters. The number of phenols is 1. The van der Waals surface area contributed by atoms with Gasteiger partial charge in [-0.25, -0.2) is 0 Å². The normalized spacial score (nSPS) is 13.7. The first-order valence-electron chi connectivity index (χ1n) is 6.70. The van der Waals surface area contributed by atoms with E-state index >= 15 is 0 Å². The van der Waals surface area contributed by atoms with Gasteiger partial charge in [0.1, 0.15) is 11.5 Å². The van der Waals surface area contributed by atoms with Crippen molar-refractivity contribution in [3.63, 3.8) is 0 Å². The lowest BCUT2D eigenvalue weighted by atomic mass is 10.2. The number of carbonyl (C=O) groups excluding carboxylic acids is 1. The predicted octanol–water partition coefficient (Wildman–Crippen LogP) is 2.77. The molecule has 2 unspecified atom stereocenters. The number of phenolic OH excluding ortho intramolecular Hbond substituents is 1. The summed E-state index contributed by atoms with van der Waals surface area (Å²) in [5.41, 5.74) is 0.891. The molecule has 4 nitrogen and oxygen atoms in total. The second-order valence-electron chi connectivity index (χ2n) is 4.96. The SMILES string of the molecule is CCCC(C)NC(=O)C(C)Oc1cc(C)cc(O)c1. The third-order valence-corrected chi connectivity index (χ3v) is 2.83. The lowest BCUT2D eigenvalue weighted by Crippen LogP contribution is -2.41. The van der Waals surface area contributed by atoms with Crippen LogP contribution in [0.5, 0.6) is 11.5 Å². The number of hydrogen-bond donors (Lipinski definition) is 2. The monoisotopic (exact) mass is 265 g/mol. The van der Waals surface area contributed by atoms with Gasteiger partial charge in [-0.3, -0.25) is 4.79 Å². The van der Waals surface area contributed by atoms with Crippen LogP contribution >= 0.6 is 0 Å². The van der Waals surface area contributed by atoms with Gasteiger partial charge in [0, 0.05) is 12.1 Å². The van der Waals surface area contributed by atoms with Gasteiger partial charge in [0.05, 0.1) is 0 Å². The van der Waals surface area contributed by atoms with Gasteiger partial charge in [0.2, 0.25) is 0 Å². The van der Waals surface area contributed by atoms with Gasteiger partial charge in [-0.15, -0.1) is 0 Å². The number of aromatic hydroxyl groups is 1. The maximum Gasteiger partial charge on any atom is 0.260 e. The van der Waals surface area contributed by atoms with Crippen molar-refractivity contribution in [1.82, 2.24) is 5.32 Å². The van der Waals surface area contributed by atoms with Crippen LogP contribution in [0.15, 0.2) is 18.2 Å². The minimum Gasteiger partial charge on any atom is -0.508 e. The topological polar surface area (TPSA) is 58.6 Å². The number of amides is 1. The van der Waals surface area contributed by atoms with Gasteiger partial charge in [-0.1, -0.05) is 13.3 Å². The Morgan fingerprint density at radius 1 is 1.37 bits per heavy atom. The highest BCUT2D eigenvalue weighted by Gasteiger charge is 2.16. The lowest BCUT2D eigenvalue weighted by Gasteiger charge is -2.18. The number of aryl methyl sites for hydroxylation is 1. The standard InChI is InChI=1S/C15H23NO3/c1-5-6-11(3)16-15(18)12(4)19-14-8-10(2)7-13(17)9-14/h7-9,11-12,17H,5-6H2,1-4H3,(H,16,18). The summed E-state index contributed by atoms with van der Waals surface area (Å²) in [5, 5.41) is 12.4. The number of rotatable bonds is 6. The second-order valence-corrected chi connectivity index (χ2v) is 4.96. The van der Waals surface area contributed by atoms with Gasteiger partial charge in [-0.2, -0.15) is 0 Å². The van der Waals surface area contributed by atoms with Crippen LogP contribution in [0.4, 0.5) is 0 Å². The Bertz CT molecular complexity index is 411. The summed E-state index contributed by atoms with van der Waals surface area (Å²) in [6.45, 7) is 7.62. The van der Waals surface area contributed by atoms with Gasteiger partial charge in [-0.05, 0) is 44.9 Å². The van der Waals surface area contributed by atoms with Crippen LogP contribution in [0.1, 0.15) is 39.2 Å². The van der Waals surface area contributed by atoms with Crippen molar-refractivity contribution in [2.24, 2.45) is 0 Å². The largest absolute Gasteiger partial charge is 0.508 e. The third kappa shape index (κ3) is 5.20. The molecule has 0 aromatic heterocycles. The van der Waals surface area contributed by atoms with Crippen LogP contribution in [0.25, 0.3) is 0 Å². The molecular formula is C15H23NO3. The smallest absolute Gasteiger partial charge is 0.260 e. The number of carbonyl (C=O) groups is 1. The third-order valence-electron chi connectivity index (χ3n) is 2.83. The van der Waals surface area contributed by atoms with Gasteiger partial charge < -0.3 is 15.2 Å². The van der Waals surface area contributed by atoms with Crippen molar-refractivity contribution >= 4 is 5.91 Å². The molecule has 0 aliphatic carbocycles. The Kier molecular flexibility index (Phi) is 5.67. The fourth-order valence-electron chi connectivity index (χ4n) is 1.92. The van der Waals surface area contributed by atoms with Gasteiger partial charge >= 0.3 is 0 Å². The van der Waals surface area contributed by atoms with Crippen LogP contribution < -0.4 is 10.1 Å². The molecular weight excluding hydrogens is 242 g/mol. The Morgan fingerprint density at radius 2 is 2.05 bits per heavy atom. The summed E-state index contributed by atoms with van der Waals surface area (Å²) in [5.74, 6) is 0.507. The molecule has 0 aliphatic rings. The van der Waals surface area contributed by atoms with E-state index in [1.54, 1.807) is 19.1 Å². The fourth-order valence-corrected chi connectivity index (χ4v) is 1.92. The molecule has 0 heterocycles. The van der Waals surface area contributed by atoms with Gasteiger partial charge in [0.15, 0.2) is 6.10 Å². The maximum absolute atomic E-state index is 11.9. The van der Waals surface area contributed by atoms with E-state index in [0.717, 1.165) is 18.4 Å². The maximum atomic E-state index is 11.9. The molecule has 1 aromatic rings. The van der Waals surface area contributed by atoms with E-state index in [0.29, 0.717) is 5.75 Å². The van der Waals surface area contributed by atoms with Crippen LogP contribution in [0.2, 0.25) is 0 Å². The van der Waals surface area contributed by atoms with Crippen molar-refractivity contribution in [1.29, 1.82) is 0 Å². The molecule has 4 heteroatoms. The van der Waals surface area contributed by atoms with Crippen molar-refractivity contribution in [3.8, 4) is 11.5 Å². The minimum atomic E-state index is -0.583. The van der Waals surface area contributed by atoms with Crippen molar-refractivity contribution in [2.45, 2.75) is 52.7 Å². The molecule has 0 aliphatic heterocycles. The first kappa shape index (κ1) is 15.3. The summed E-state index contributed by atoms with van der Waals surface area (Å²) >= 11 is 0. The van der Waals surface area contributed by atoms with Gasteiger partial charge in [0.25, 0.3) is 5.91 Å². The molecule has 2 N–H and O–H groups in total. The number of ether oxygens (including phenoxy) is 1. The fraction of sp³-hybridized carbons (Fsp3) is 0.533. The summed E-state index contributed by atoms with van der Waals surface area (Å²) in [4.78, 5) is 11.9. The van der Waals surface area contributed by atoms with Crippen molar-refractivity contribution in [3.05, 3.63) is 23.8 Å². The van der Waals surface area contributed by atoms with E-state index in [1.165, 1.54) is 6.07 Å². The van der Waals surface area contributed by atoms with Crippen LogP contribution in [-0.4, -0.2) is 23.2 Å². The molecule has 0 saturated heterocycles. The first-order valence-corrected chi connectivity index (χ1v) is 6.70. The zero-order chi connectivity index (χ0) is 14.4. The summed E-state index contributed by atoms with van der Waals surface area (Å²) in [6, 6.07) is 5.08. The van der Waals surface area contributed by atoms with Crippen molar-refractivity contribution in [2.75, 3.05) is 0 Å². The summed E-state index contributed by atoms with van der Waals surface area (Å²) in [7, 11) is 0. The Labute approximate surface area is 114 Å². The molecule has 106 valence electrons. The molecule has 19 heavy (non-hydrogen) atoms. The van der Waals surface area contributed by atoms with Crippen LogP contribution in [0, 0.1) is 6.92 Å². The molecule has 0 bridgehead atoms. The van der Waals surface area contributed by atoms with E-state index in [4.69, 9.17) is 4.74 Å². The number of nitrogens with one attached hydrogen (secondary N) is 1. The van der Waals surface area contributed by atoms with E-state index in [9.17, 15) is 9.90 Å². The highest BCUT2D eigenvalue weighted by molar-refractivity contribution is 5.80. The zero-order valence-electron chi connectivity index (χ0n) is 12.1. The van der Waals surface area contributed by atoms with E-state index in [2.05, 4.69) is 12.2 Å². The minimum absolute atomic E-state index is 0.137. The first-order chi connectivity index (χ1) is 8.92. The zero-order valence-corrected chi connectivity index (χ0v) is 12.1. The number of benzene rings is 1. The number of hydrogen-bond acceptors (Lipinski definition) is 3. The molecule has 1 amide bonds. The molecule has 0 spiro atoms. The molecule has 1 aromatic carbocycles. The van der Waals surface area contributed by atoms with Crippen LogP contribution in [-0.2, 0) is 4.79 Å². The highest BCUT2D eigenvalue weighted by Crippen LogP contribution is 2.22. The molecule has 0 saturated carbocycles. The Balaban J connectivity index is 2.58. The van der Waals surface area contributed by atoms with E-state index < -0.39 is 6.10 Å². The van der Waals surface area contributed by atoms with E-state index in [1.807, 2.05) is 13.8 Å². The van der Waals surface area contributed by atoms with Crippen molar-refractivity contribution < 1.29 is 14.6 Å². The highest BCUT2D eigenvalue weighted by atomic mass is 16.5. The Morgan fingerprint density at radius 3 is 2.63 bits per heavy atom. The molecule has 0 radical (unpaired) electrons. The average molecular weight is 265 g/mol. The predicted molar refractivity (Wildman–Crippen MR) is 75.4 cm³/mol. The Hall–Kier alpha value is -1.71. The molecule has 1 rings (SSSR count). The van der Waals surface area contributed by atoms with E-state index in [-0.39, 0.29) is 17.7 Å². The summed E-state index contributed by atoms with van der Waals surface area (Å²) < 4.78 is 5.54. The lowest BCUT2D eigenvalue weighted by molar-refractivity contribution is -0.127.